The van der Waals surface area contributed by atoms with Crippen LogP contribution in [0.25, 0.3) is 0 Å². The molecule has 17 heavy (non-hydrogen) atoms. The second-order valence-electron chi connectivity index (χ2n) is 3.46. The zero-order valence-electron chi connectivity index (χ0n) is 8.54. The Kier molecular flexibility index (Phi) is 4.42. The molecule has 0 bridgehead atoms. The largest absolute Gasteiger partial charge is 0.294 e. The highest BCUT2D eigenvalue weighted by Crippen LogP contribution is 2.25. The van der Waals surface area contributed by atoms with Crippen LogP contribution in [-0.4, -0.2) is 5.78 Å². The number of carbonyl (C=O) groups is 1. The van der Waals surface area contributed by atoms with E-state index in [2.05, 4.69) is 31.9 Å². The number of halogens is 3. The van der Waals surface area contributed by atoms with E-state index in [1.165, 1.54) is 0 Å². The molecule has 0 aliphatic carbocycles. The predicted molar refractivity (Wildman–Crippen MR) is 79.2 cm³/mol. The molecule has 5 heteroatoms. The van der Waals surface area contributed by atoms with Gasteiger partial charge in [0, 0.05) is 31.2 Å². The standard InChI is InChI=1S/C12H7Br2ClOS/c13-7-1-2-11(15)10(4-7)12(16)5-9-3-8(14)6-17-9/h1-4,6H,5H2. The zero-order valence-corrected chi connectivity index (χ0v) is 13.3. The molecular formula is C12H7Br2ClOS. The highest BCUT2D eigenvalue weighted by atomic mass is 79.9. The molecule has 88 valence electrons. The highest BCUT2D eigenvalue weighted by Gasteiger charge is 2.12. The van der Waals surface area contributed by atoms with E-state index < -0.39 is 0 Å². The minimum absolute atomic E-state index is 0.0330. The van der Waals surface area contributed by atoms with Gasteiger partial charge in [-0.05, 0) is 40.2 Å². The van der Waals surface area contributed by atoms with Gasteiger partial charge < -0.3 is 0 Å². The van der Waals surface area contributed by atoms with Crippen LogP contribution in [-0.2, 0) is 6.42 Å². The van der Waals surface area contributed by atoms with Crippen molar-refractivity contribution in [1.82, 2.24) is 0 Å². The second kappa shape index (κ2) is 5.65. The van der Waals surface area contributed by atoms with Gasteiger partial charge in [-0.1, -0.05) is 27.5 Å². The molecule has 0 aliphatic rings. The number of ketones is 1. The van der Waals surface area contributed by atoms with E-state index in [0.29, 0.717) is 17.0 Å². The molecule has 0 saturated heterocycles. The Morgan fingerprint density at radius 1 is 1.24 bits per heavy atom. The van der Waals surface area contributed by atoms with E-state index in [9.17, 15) is 4.79 Å². The van der Waals surface area contributed by atoms with Crippen LogP contribution in [0.2, 0.25) is 5.02 Å². The monoisotopic (exact) mass is 392 g/mol. The van der Waals surface area contributed by atoms with E-state index >= 15 is 0 Å². The number of thiophene rings is 1. The topological polar surface area (TPSA) is 17.1 Å². The number of hydrogen-bond donors (Lipinski definition) is 0. The van der Waals surface area contributed by atoms with Crippen molar-refractivity contribution in [2.24, 2.45) is 0 Å². The fourth-order valence-corrected chi connectivity index (χ4v) is 3.44. The normalized spacial score (nSPS) is 10.5. The quantitative estimate of drug-likeness (QED) is 0.641. The molecule has 1 nitrogen and oxygen atoms in total. The van der Waals surface area contributed by atoms with Gasteiger partial charge in [0.1, 0.15) is 0 Å². The van der Waals surface area contributed by atoms with Crippen LogP contribution >= 0.6 is 54.8 Å². The highest BCUT2D eigenvalue weighted by molar-refractivity contribution is 9.10. The van der Waals surface area contributed by atoms with Crippen molar-refractivity contribution in [3.63, 3.8) is 0 Å². The Balaban J connectivity index is 2.22. The van der Waals surface area contributed by atoms with Gasteiger partial charge in [0.05, 0.1) is 5.02 Å². The lowest BCUT2D eigenvalue weighted by molar-refractivity contribution is 0.0994. The molecule has 0 N–H and O–H groups in total. The summed E-state index contributed by atoms with van der Waals surface area (Å²) in [5.41, 5.74) is 0.561. The molecule has 1 aromatic heterocycles. The summed E-state index contributed by atoms with van der Waals surface area (Å²) in [7, 11) is 0. The van der Waals surface area contributed by atoms with Crippen LogP contribution in [0.15, 0.2) is 38.6 Å². The molecule has 0 saturated carbocycles. The predicted octanol–water partition coefficient (Wildman–Crippen LogP) is 5.35. The summed E-state index contributed by atoms with van der Waals surface area (Å²) in [6, 6.07) is 7.26. The average Bonchev–Trinajstić information content (AvgIpc) is 2.67. The minimum Gasteiger partial charge on any atom is -0.294 e. The van der Waals surface area contributed by atoms with Gasteiger partial charge in [-0.3, -0.25) is 4.79 Å². The van der Waals surface area contributed by atoms with Gasteiger partial charge in [0.25, 0.3) is 0 Å². The average molecular weight is 395 g/mol. The third-order valence-corrected chi connectivity index (χ3v) is 4.71. The summed E-state index contributed by atoms with van der Waals surface area (Å²) < 4.78 is 1.86. The molecule has 0 unspecified atom stereocenters. The molecule has 1 heterocycles. The molecule has 0 amide bonds. The lowest BCUT2D eigenvalue weighted by atomic mass is 10.1. The van der Waals surface area contributed by atoms with Crippen molar-refractivity contribution in [2.45, 2.75) is 6.42 Å². The van der Waals surface area contributed by atoms with Crippen molar-refractivity contribution in [2.75, 3.05) is 0 Å². The first-order valence-corrected chi connectivity index (χ1v) is 7.62. The fourth-order valence-electron chi connectivity index (χ4n) is 1.41. The second-order valence-corrected chi connectivity index (χ2v) is 6.69. The summed E-state index contributed by atoms with van der Waals surface area (Å²) in [6.07, 6.45) is 0.381. The van der Waals surface area contributed by atoms with Crippen molar-refractivity contribution >= 4 is 60.6 Å². The van der Waals surface area contributed by atoms with E-state index in [4.69, 9.17) is 11.6 Å². The summed E-state index contributed by atoms with van der Waals surface area (Å²) in [4.78, 5) is 13.1. The maximum atomic E-state index is 12.1. The van der Waals surface area contributed by atoms with Gasteiger partial charge in [-0.2, -0.15) is 0 Å². The molecule has 0 atom stereocenters. The Morgan fingerprint density at radius 2 is 2.00 bits per heavy atom. The molecule has 2 aromatic rings. The van der Waals surface area contributed by atoms with E-state index in [0.717, 1.165) is 13.8 Å². The number of rotatable bonds is 3. The van der Waals surface area contributed by atoms with E-state index in [1.807, 2.05) is 17.5 Å². The molecular weight excluding hydrogens is 387 g/mol. The number of benzene rings is 1. The van der Waals surface area contributed by atoms with E-state index in [1.54, 1.807) is 23.5 Å². The zero-order chi connectivity index (χ0) is 12.4. The molecule has 1 aromatic carbocycles. The van der Waals surface area contributed by atoms with Gasteiger partial charge in [0.2, 0.25) is 0 Å². The number of carbonyl (C=O) groups excluding carboxylic acids is 1. The van der Waals surface area contributed by atoms with Gasteiger partial charge in [-0.25, -0.2) is 0 Å². The maximum absolute atomic E-state index is 12.1. The summed E-state index contributed by atoms with van der Waals surface area (Å²) in [5, 5.41) is 2.46. The Hall–Kier alpha value is -0.160. The van der Waals surface area contributed by atoms with Crippen LogP contribution < -0.4 is 0 Å². The van der Waals surface area contributed by atoms with Crippen molar-refractivity contribution in [1.29, 1.82) is 0 Å². The van der Waals surface area contributed by atoms with Gasteiger partial charge >= 0.3 is 0 Å². The third kappa shape index (κ3) is 3.41. The Labute approximate surface area is 125 Å². The third-order valence-electron chi connectivity index (χ3n) is 2.19. The van der Waals surface area contributed by atoms with Crippen LogP contribution in [0.4, 0.5) is 0 Å². The maximum Gasteiger partial charge on any atom is 0.169 e. The van der Waals surface area contributed by atoms with Crippen LogP contribution in [0.3, 0.4) is 0 Å². The van der Waals surface area contributed by atoms with Crippen LogP contribution in [0, 0.1) is 0 Å². The SMILES string of the molecule is O=C(Cc1cc(Br)cs1)c1cc(Br)ccc1Cl. The Morgan fingerprint density at radius 3 is 2.65 bits per heavy atom. The van der Waals surface area contributed by atoms with Crippen molar-refractivity contribution < 1.29 is 4.79 Å². The molecule has 2 rings (SSSR count). The fraction of sp³-hybridized carbons (Fsp3) is 0.0833. The molecule has 0 radical (unpaired) electrons. The van der Waals surface area contributed by atoms with Gasteiger partial charge in [0.15, 0.2) is 5.78 Å². The van der Waals surface area contributed by atoms with Gasteiger partial charge in [-0.15, -0.1) is 11.3 Å². The molecule has 0 fully saturated rings. The number of Topliss-reactive ketones (excluding diaryl/α,β-unsaturated/α-hetero) is 1. The number of hydrogen-bond acceptors (Lipinski definition) is 2. The first kappa shape index (κ1) is 13.3. The first-order chi connectivity index (χ1) is 8.06. The lowest BCUT2D eigenvalue weighted by Gasteiger charge is -2.03. The summed E-state index contributed by atoms with van der Waals surface area (Å²) in [5.74, 6) is 0.0330. The minimum atomic E-state index is 0.0330. The smallest absolute Gasteiger partial charge is 0.169 e. The molecule has 0 spiro atoms. The van der Waals surface area contributed by atoms with Crippen LogP contribution in [0.5, 0.6) is 0 Å². The Bertz CT molecular complexity index is 565. The van der Waals surface area contributed by atoms with Crippen molar-refractivity contribution in [3.05, 3.63) is 54.1 Å². The lowest BCUT2D eigenvalue weighted by Crippen LogP contribution is -2.03. The van der Waals surface area contributed by atoms with Crippen LogP contribution in [0.1, 0.15) is 15.2 Å². The summed E-state index contributed by atoms with van der Waals surface area (Å²) in [6.45, 7) is 0. The summed E-state index contributed by atoms with van der Waals surface area (Å²) >= 11 is 14.3. The first-order valence-electron chi connectivity index (χ1n) is 4.77. The van der Waals surface area contributed by atoms with E-state index in [-0.39, 0.29) is 5.78 Å². The molecule has 0 aliphatic heterocycles. The van der Waals surface area contributed by atoms with Crippen molar-refractivity contribution in [3.8, 4) is 0 Å².